The summed E-state index contributed by atoms with van der Waals surface area (Å²) in [5, 5.41) is 32.0. The molecule has 0 spiro atoms. The van der Waals surface area contributed by atoms with Crippen molar-refractivity contribution < 1.29 is 24.9 Å². The third-order valence-electron chi connectivity index (χ3n) is 4.77. The molecule has 0 fully saturated rings. The van der Waals surface area contributed by atoms with Gasteiger partial charge in [-0.25, -0.2) is 0 Å². The lowest BCUT2D eigenvalue weighted by molar-refractivity contribution is -0.224. The number of carbonyl (C=O) groups excluding carboxylic acids is 1. The summed E-state index contributed by atoms with van der Waals surface area (Å²) in [6.07, 6.45) is 0. The van der Waals surface area contributed by atoms with Gasteiger partial charge in [-0.3, -0.25) is 4.79 Å². The van der Waals surface area contributed by atoms with Gasteiger partial charge in [-0.1, -0.05) is 38.1 Å². The van der Waals surface area contributed by atoms with E-state index >= 15 is 0 Å². The molecule has 2 aromatic rings. The highest BCUT2D eigenvalue weighted by Crippen LogP contribution is 2.59. The number of rotatable bonds is 1. The van der Waals surface area contributed by atoms with Crippen molar-refractivity contribution in [3.63, 3.8) is 0 Å². The normalized spacial score (nSPS) is 27.6. The Morgan fingerprint density at radius 2 is 1.83 bits per heavy atom. The number of phenols is 1. The number of ether oxygens (including phenoxy) is 1. The summed E-state index contributed by atoms with van der Waals surface area (Å²) in [5.74, 6) is -2.75. The monoisotopic (exact) mass is 312 g/mol. The Balaban J connectivity index is 1.98. The predicted octanol–water partition coefficient (Wildman–Crippen LogP) is 2.14. The topological polar surface area (TPSA) is 87.0 Å². The number of hydrogen-bond donors (Lipinski definition) is 3. The minimum atomic E-state index is -2.25. The molecule has 5 heteroatoms. The van der Waals surface area contributed by atoms with Gasteiger partial charge in [-0.2, -0.15) is 0 Å². The van der Waals surface area contributed by atoms with E-state index in [1.165, 1.54) is 18.2 Å². The maximum absolute atomic E-state index is 12.8. The summed E-state index contributed by atoms with van der Waals surface area (Å²) in [7, 11) is 0. The molecule has 3 N–H and O–H groups in total. The molecule has 118 valence electrons. The van der Waals surface area contributed by atoms with Gasteiger partial charge in [-0.15, -0.1) is 0 Å². The molecule has 0 bridgehead atoms. The first kappa shape index (κ1) is 14.2. The van der Waals surface area contributed by atoms with Crippen LogP contribution in [0, 0.1) is 0 Å². The molecule has 1 aliphatic carbocycles. The number of fused-ring (bicyclic) bond motifs is 5. The molecular weight excluding hydrogens is 296 g/mol. The summed E-state index contributed by atoms with van der Waals surface area (Å²) >= 11 is 0. The van der Waals surface area contributed by atoms with Crippen molar-refractivity contribution >= 4 is 5.78 Å². The molecule has 0 unspecified atom stereocenters. The standard InChI is InChI=1S/C18H16O5/c1-9(2)10-6-7-11-14(8-10)23-18(22)12-4-3-5-13(19)15(12)16(20)17(11,18)21/h3-9,19,21-22H,1-2H3/t17-,18-/m0/s1. The molecule has 5 nitrogen and oxygen atoms in total. The summed E-state index contributed by atoms with van der Waals surface area (Å²) in [6, 6.07) is 9.44. The van der Waals surface area contributed by atoms with Crippen molar-refractivity contribution in [2.75, 3.05) is 0 Å². The van der Waals surface area contributed by atoms with Crippen LogP contribution in [0.1, 0.15) is 46.8 Å². The molecule has 2 aromatic carbocycles. The minimum Gasteiger partial charge on any atom is -0.507 e. The van der Waals surface area contributed by atoms with Gasteiger partial charge in [0.25, 0.3) is 5.79 Å². The van der Waals surface area contributed by atoms with E-state index in [9.17, 15) is 20.1 Å². The van der Waals surface area contributed by atoms with Gasteiger partial charge in [0.15, 0.2) is 0 Å². The number of phenolic OH excluding ortho intramolecular Hbond substituents is 1. The van der Waals surface area contributed by atoms with Crippen LogP contribution in [0.3, 0.4) is 0 Å². The molecule has 2 atom stereocenters. The number of ketones is 1. The molecular formula is C18H16O5. The summed E-state index contributed by atoms with van der Waals surface area (Å²) in [6.45, 7) is 4.03. The van der Waals surface area contributed by atoms with E-state index in [0.717, 1.165) is 5.56 Å². The van der Waals surface area contributed by atoms with E-state index < -0.39 is 17.2 Å². The van der Waals surface area contributed by atoms with Crippen LogP contribution in [-0.2, 0) is 11.4 Å². The van der Waals surface area contributed by atoms with Crippen LogP contribution in [-0.4, -0.2) is 21.1 Å². The zero-order chi connectivity index (χ0) is 16.6. The van der Waals surface area contributed by atoms with E-state index in [-0.39, 0.29) is 34.1 Å². The lowest BCUT2D eigenvalue weighted by atomic mass is 9.86. The number of hydrogen-bond acceptors (Lipinski definition) is 5. The molecule has 4 rings (SSSR count). The fourth-order valence-corrected chi connectivity index (χ4v) is 3.47. The molecule has 1 heterocycles. The second-order valence-electron chi connectivity index (χ2n) is 6.40. The Bertz CT molecular complexity index is 856. The number of aromatic hydroxyl groups is 1. The van der Waals surface area contributed by atoms with E-state index in [1.54, 1.807) is 18.2 Å². The SMILES string of the molecule is CC(C)c1ccc2c(c1)O[C@@]1(O)c3cccc(O)c3C(=O)[C@@]21O. The zero-order valence-electron chi connectivity index (χ0n) is 12.7. The van der Waals surface area contributed by atoms with Crippen LogP contribution in [0.4, 0.5) is 0 Å². The maximum Gasteiger partial charge on any atom is 0.276 e. The summed E-state index contributed by atoms with van der Waals surface area (Å²) in [4.78, 5) is 12.8. The van der Waals surface area contributed by atoms with Gasteiger partial charge in [0.05, 0.1) is 5.56 Å². The Labute approximate surface area is 132 Å². The first-order valence-electron chi connectivity index (χ1n) is 7.46. The Morgan fingerprint density at radius 3 is 2.52 bits per heavy atom. The third kappa shape index (κ3) is 1.46. The Hall–Kier alpha value is -2.37. The molecule has 0 saturated heterocycles. The van der Waals surface area contributed by atoms with E-state index in [2.05, 4.69) is 0 Å². The minimum absolute atomic E-state index is 0.0762. The maximum atomic E-state index is 12.8. The first-order chi connectivity index (χ1) is 10.8. The van der Waals surface area contributed by atoms with Crippen molar-refractivity contribution in [1.82, 2.24) is 0 Å². The van der Waals surface area contributed by atoms with Crippen molar-refractivity contribution in [2.24, 2.45) is 0 Å². The average molecular weight is 312 g/mol. The zero-order valence-corrected chi connectivity index (χ0v) is 12.7. The van der Waals surface area contributed by atoms with Crippen LogP contribution in [0.5, 0.6) is 11.5 Å². The number of carbonyl (C=O) groups is 1. The predicted molar refractivity (Wildman–Crippen MR) is 81.4 cm³/mol. The molecule has 0 amide bonds. The van der Waals surface area contributed by atoms with E-state index in [4.69, 9.17) is 4.74 Å². The van der Waals surface area contributed by atoms with E-state index in [1.807, 2.05) is 13.8 Å². The fraction of sp³-hybridized carbons (Fsp3) is 0.278. The molecule has 2 aliphatic rings. The second kappa shape index (κ2) is 4.13. The molecule has 0 aromatic heterocycles. The smallest absolute Gasteiger partial charge is 0.276 e. The molecule has 0 radical (unpaired) electrons. The summed E-state index contributed by atoms with van der Waals surface area (Å²) < 4.78 is 5.64. The van der Waals surface area contributed by atoms with Gasteiger partial charge in [0, 0.05) is 11.1 Å². The van der Waals surface area contributed by atoms with Crippen molar-refractivity contribution in [1.29, 1.82) is 0 Å². The van der Waals surface area contributed by atoms with Crippen molar-refractivity contribution in [3.8, 4) is 11.5 Å². The van der Waals surface area contributed by atoms with Crippen LogP contribution in [0.2, 0.25) is 0 Å². The largest absolute Gasteiger partial charge is 0.507 e. The number of Topliss-reactive ketones (excluding diaryl/α,β-unsaturated/α-hetero) is 1. The third-order valence-corrected chi connectivity index (χ3v) is 4.77. The Kier molecular flexibility index (Phi) is 2.55. The molecule has 0 saturated carbocycles. The van der Waals surface area contributed by atoms with Gasteiger partial charge >= 0.3 is 0 Å². The van der Waals surface area contributed by atoms with Crippen LogP contribution in [0.15, 0.2) is 36.4 Å². The lowest BCUT2D eigenvalue weighted by Gasteiger charge is -2.28. The van der Waals surface area contributed by atoms with Gasteiger partial charge in [0.2, 0.25) is 11.4 Å². The van der Waals surface area contributed by atoms with E-state index in [0.29, 0.717) is 0 Å². The quantitative estimate of drug-likeness (QED) is 0.751. The summed E-state index contributed by atoms with van der Waals surface area (Å²) in [5.41, 5.74) is -1.09. The average Bonchev–Trinajstić information content (AvgIpc) is 2.84. The molecule has 1 aliphatic heterocycles. The second-order valence-corrected chi connectivity index (χ2v) is 6.40. The van der Waals surface area contributed by atoms with Crippen LogP contribution < -0.4 is 4.74 Å². The highest BCUT2D eigenvalue weighted by Gasteiger charge is 2.71. The van der Waals surface area contributed by atoms with Gasteiger partial charge in [0.1, 0.15) is 11.5 Å². The van der Waals surface area contributed by atoms with Crippen LogP contribution in [0.25, 0.3) is 0 Å². The highest BCUT2D eigenvalue weighted by atomic mass is 16.7. The van der Waals surface area contributed by atoms with Crippen molar-refractivity contribution in [2.45, 2.75) is 31.2 Å². The lowest BCUT2D eigenvalue weighted by Crippen LogP contribution is -2.48. The number of benzene rings is 2. The fourth-order valence-electron chi connectivity index (χ4n) is 3.47. The van der Waals surface area contributed by atoms with Crippen molar-refractivity contribution in [3.05, 3.63) is 58.7 Å². The first-order valence-corrected chi connectivity index (χ1v) is 7.46. The van der Waals surface area contributed by atoms with Gasteiger partial charge in [-0.05, 0) is 23.6 Å². The molecule has 23 heavy (non-hydrogen) atoms. The van der Waals surface area contributed by atoms with Gasteiger partial charge < -0.3 is 20.1 Å². The number of aliphatic hydroxyl groups is 2. The van der Waals surface area contributed by atoms with Crippen LogP contribution >= 0.6 is 0 Å². The Morgan fingerprint density at radius 1 is 1.09 bits per heavy atom. The highest BCUT2D eigenvalue weighted by molar-refractivity contribution is 6.11.